The normalized spacial score (nSPS) is 13.8. The Labute approximate surface area is 277 Å². The maximum atomic E-state index is 5.73. The first kappa shape index (κ1) is 26.1. The van der Waals surface area contributed by atoms with Crippen molar-refractivity contribution in [2.75, 3.05) is 0 Å². The van der Waals surface area contributed by atoms with Gasteiger partial charge in [0.05, 0.1) is 22.4 Å². The van der Waals surface area contributed by atoms with Crippen molar-refractivity contribution >= 4 is 43.4 Å². The van der Waals surface area contributed by atoms with Gasteiger partial charge in [-0.25, -0.2) is 9.97 Å². The van der Waals surface area contributed by atoms with Gasteiger partial charge in [-0.1, -0.05) is 135 Å². The molecule has 0 radical (unpaired) electrons. The highest BCUT2D eigenvalue weighted by Gasteiger charge is 2.39. The predicted octanol–water partition coefficient (Wildman–Crippen LogP) is 11.5. The lowest BCUT2D eigenvalue weighted by Gasteiger charge is -2.22. The van der Waals surface area contributed by atoms with Gasteiger partial charge in [-0.15, -0.1) is 0 Å². The van der Waals surface area contributed by atoms with E-state index in [0.717, 1.165) is 39.5 Å². The van der Waals surface area contributed by atoms with Crippen LogP contribution in [0.1, 0.15) is 25.1 Å². The molecule has 11 rings (SSSR count). The summed E-state index contributed by atoms with van der Waals surface area (Å²) >= 11 is 0. The molecule has 0 bridgehead atoms. The Morgan fingerprint density at radius 2 is 1.08 bits per heavy atom. The molecular weight excluding hydrogens is 583 g/mol. The molecule has 7 aromatic carbocycles. The number of aromatic nitrogens is 3. The van der Waals surface area contributed by atoms with Crippen LogP contribution in [0.4, 0.5) is 0 Å². The molecule has 0 saturated heterocycles. The van der Waals surface area contributed by atoms with Gasteiger partial charge in [-0.05, 0) is 67.6 Å². The zero-order chi connectivity index (χ0) is 31.7. The van der Waals surface area contributed by atoms with Gasteiger partial charge in [-0.2, -0.15) is 0 Å². The summed E-state index contributed by atoms with van der Waals surface area (Å²) in [6.07, 6.45) is 0. The van der Waals surface area contributed by atoms with E-state index in [1.165, 1.54) is 65.7 Å². The Hall–Kier alpha value is -6.06. The fourth-order valence-electron chi connectivity index (χ4n) is 8.65. The predicted molar refractivity (Wildman–Crippen MR) is 199 cm³/mol. The number of benzene rings is 7. The van der Waals surface area contributed by atoms with E-state index in [0.29, 0.717) is 0 Å². The second-order valence-corrected chi connectivity index (χ2v) is 13.8. The van der Waals surface area contributed by atoms with Crippen LogP contribution in [0.3, 0.4) is 0 Å². The number of rotatable bonds is 2. The van der Waals surface area contributed by atoms with Crippen LogP contribution in [0.15, 0.2) is 140 Å². The zero-order valence-corrected chi connectivity index (χ0v) is 26.6. The number of para-hydroxylation sites is 1. The molecule has 0 saturated carbocycles. The molecule has 48 heavy (non-hydrogen) atoms. The first-order chi connectivity index (χ1) is 23.6. The van der Waals surface area contributed by atoms with Gasteiger partial charge < -0.3 is 0 Å². The molecule has 0 aliphatic heterocycles. The molecular formula is C45H29N3. The van der Waals surface area contributed by atoms with Crippen LogP contribution in [0.2, 0.25) is 0 Å². The van der Waals surface area contributed by atoms with E-state index in [2.05, 4.69) is 158 Å². The van der Waals surface area contributed by atoms with E-state index in [9.17, 15) is 0 Å². The minimum Gasteiger partial charge on any atom is -0.292 e. The Bertz CT molecular complexity index is 2840. The SMILES string of the molecule is CC1(C)c2ccccc2-c2nc(-c3ccc4c5c(cccc35)-c3ccccc3-4)c(-n3c4ccccc4c4cc5ccccc5cc43)nc21. The molecule has 9 aromatic rings. The maximum absolute atomic E-state index is 5.73. The van der Waals surface area contributed by atoms with Crippen molar-refractivity contribution in [3.63, 3.8) is 0 Å². The lowest BCUT2D eigenvalue weighted by atomic mass is 9.85. The van der Waals surface area contributed by atoms with Gasteiger partial charge in [0.15, 0.2) is 5.82 Å². The van der Waals surface area contributed by atoms with Gasteiger partial charge in [-0.3, -0.25) is 4.57 Å². The number of nitrogens with zero attached hydrogens (tertiary/aromatic N) is 3. The van der Waals surface area contributed by atoms with Crippen LogP contribution >= 0.6 is 0 Å². The molecule has 0 fully saturated rings. The molecule has 0 N–H and O–H groups in total. The second kappa shape index (κ2) is 9.05. The topological polar surface area (TPSA) is 30.7 Å². The summed E-state index contributed by atoms with van der Waals surface area (Å²) < 4.78 is 2.37. The maximum Gasteiger partial charge on any atom is 0.164 e. The van der Waals surface area contributed by atoms with E-state index < -0.39 is 0 Å². The molecule has 0 spiro atoms. The van der Waals surface area contributed by atoms with Crippen molar-refractivity contribution in [3.8, 4) is 50.6 Å². The van der Waals surface area contributed by atoms with Crippen molar-refractivity contribution in [3.05, 3.63) is 151 Å². The highest BCUT2D eigenvalue weighted by molar-refractivity contribution is 6.19. The summed E-state index contributed by atoms with van der Waals surface area (Å²) in [5, 5.41) is 7.37. The lowest BCUT2D eigenvalue weighted by Crippen LogP contribution is -2.18. The molecule has 2 aliphatic carbocycles. The van der Waals surface area contributed by atoms with Crippen LogP contribution in [0, 0.1) is 0 Å². The second-order valence-electron chi connectivity index (χ2n) is 13.8. The molecule has 224 valence electrons. The van der Waals surface area contributed by atoms with Crippen LogP contribution in [-0.4, -0.2) is 14.5 Å². The zero-order valence-electron chi connectivity index (χ0n) is 26.6. The summed E-state index contributed by atoms with van der Waals surface area (Å²) in [5.74, 6) is 0.868. The Morgan fingerprint density at radius 3 is 1.92 bits per heavy atom. The monoisotopic (exact) mass is 611 g/mol. The summed E-state index contributed by atoms with van der Waals surface area (Å²) in [6, 6.07) is 50.8. The highest BCUT2D eigenvalue weighted by Crippen LogP contribution is 2.52. The van der Waals surface area contributed by atoms with Crippen molar-refractivity contribution in [2.45, 2.75) is 19.3 Å². The molecule has 2 aromatic heterocycles. The summed E-state index contributed by atoms with van der Waals surface area (Å²) in [7, 11) is 0. The molecule has 0 unspecified atom stereocenters. The summed E-state index contributed by atoms with van der Waals surface area (Å²) in [4.78, 5) is 11.4. The van der Waals surface area contributed by atoms with E-state index in [4.69, 9.17) is 9.97 Å². The van der Waals surface area contributed by atoms with E-state index in [-0.39, 0.29) is 5.41 Å². The average molecular weight is 612 g/mol. The molecule has 0 amide bonds. The molecule has 0 atom stereocenters. The smallest absolute Gasteiger partial charge is 0.164 e. The van der Waals surface area contributed by atoms with E-state index >= 15 is 0 Å². The average Bonchev–Trinajstić information content (AvgIpc) is 3.71. The Balaban J connectivity index is 1.31. The fourth-order valence-corrected chi connectivity index (χ4v) is 8.65. The minimum absolute atomic E-state index is 0.290. The molecule has 3 nitrogen and oxygen atoms in total. The van der Waals surface area contributed by atoms with Crippen LogP contribution in [0.25, 0.3) is 93.9 Å². The highest BCUT2D eigenvalue weighted by atomic mass is 15.1. The van der Waals surface area contributed by atoms with Gasteiger partial charge in [0.1, 0.15) is 5.69 Å². The number of hydrogen-bond donors (Lipinski definition) is 0. The third kappa shape index (κ3) is 3.23. The van der Waals surface area contributed by atoms with Crippen molar-refractivity contribution in [2.24, 2.45) is 0 Å². The van der Waals surface area contributed by atoms with Crippen molar-refractivity contribution in [1.29, 1.82) is 0 Å². The van der Waals surface area contributed by atoms with Crippen molar-refractivity contribution in [1.82, 2.24) is 14.5 Å². The Morgan fingerprint density at radius 1 is 0.458 bits per heavy atom. The molecule has 2 aliphatic rings. The third-order valence-electron chi connectivity index (χ3n) is 10.9. The van der Waals surface area contributed by atoms with Crippen molar-refractivity contribution < 1.29 is 0 Å². The molecule has 3 heteroatoms. The van der Waals surface area contributed by atoms with Gasteiger partial charge in [0, 0.05) is 27.3 Å². The standard InChI is InChI=1S/C45H29N3/c1-45(2)37-20-9-7-17-35(37)41-43(45)47-44(48-38-21-10-8-16-30(38)36-24-26-12-3-4-13-27(26)25-39(36)48)42(46-41)34-23-22-33-29-15-6-5-14-28(29)31-18-11-19-32(34)40(31)33/h3-25H,1-2H3. The summed E-state index contributed by atoms with van der Waals surface area (Å²) in [5.41, 5.74) is 13.6. The van der Waals surface area contributed by atoms with E-state index in [1.54, 1.807) is 0 Å². The minimum atomic E-state index is -0.290. The third-order valence-corrected chi connectivity index (χ3v) is 10.9. The fraction of sp³-hybridized carbons (Fsp3) is 0.0667. The number of hydrogen-bond acceptors (Lipinski definition) is 2. The molecule has 2 heterocycles. The van der Waals surface area contributed by atoms with Crippen LogP contribution in [-0.2, 0) is 5.41 Å². The largest absolute Gasteiger partial charge is 0.292 e. The quantitative estimate of drug-likeness (QED) is 0.195. The Kier molecular flexibility index (Phi) is 4.91. The van der Waals surface area contributed by atoms with Crippen LogP contribution < -0.4 is 0 Å². The van der Waals surface area contributed by atoms with Gasteiger partial charge in [0.2, 0.25) is 0 Å². The van der Waals surface area contributed by atoms with Gasteiger partial charge in [0.25, 0.3) is 0 Å². The lowest BCUT2D eigenvalue weighted by molar-refractivity contribution is 0.633. The van der Waals surface area contributed by atoms with E-state index in [1.807, 2.05) is 0 Å². The van der Waals surface area contributed by atoms with Crippen LogP contribution in [0.5, 0.6) is 0 Å². The first-order valence-corrected chi connectivity index (χ1v) is 16.7. The van der Waals surface area contributed by atoms with Gasteiger partial charge >= 0.3 is 0 Å². The first-order valence-electron chi connectivity index (χ1n) is 16.7. The number of fused-ring (bicyclic) bond motifs is 10. The summed E-state index contributed by atoms with van der Waals surface area (Å²) in [6.45, 7) is 4.57.